The SMILES string of the molecule is CCP(N)(=O)I. The van der Waals surface area contributed by atoms with Crippen molar-refractivity contribution in [2.24, 2.45) is 5.50 Å². The fourth-order valence-corrected chi connectivity index (χ4v) is 0. The van der Waals surface area contributed by atoms with E-state index >= 15 is 0 Å². The summed E-state index contributed by atoms with van der Waals surface area (Å²) in [5, 5.41) is 0. The molecule has 2 nitrogen and oxygen atoms in total. The van der Waals surface area contributed by atoms with Crippen molar-refractivity contribution in [3.63, 3.8) is 0 Å². The molecule has 0 rings (SSSR count). The van der Waals surface area contributed by atoms with E-state index in [1.165, 1.54) is 0 Å². The van der Waals surface area contributed by atoms with Gasteiger partial charge in [-0.15, -0.1) is 0 Å². The standard InChI is InChI=1S/C2H7INOP/c1-2-6(3,4)5/h2H2,1H3,(H2,4,5). The van der Waals surface area contributed by atoms with Crippen LogP contribution < -0.4 is 5.50 Å². The molecule has 0 fully saturated rings. The summed E-state index contributed by atoms with van der Waals surface area (Å²) in [7, 11) is 0. The van der Waals surface area contributed by atoms with Crippen LogP contribution in [0.3, 0.4) is 0 Å². The molecule has 0 aromatic rings. The first-order valence-corrected chi connectivity index (χ1v) is 6.38. The fraction of sp³-hybridized carbons (Fsp3) is 1.00. The van der Waals surface area contributed by atoms with Crippen molar-refractivity contribution >= 4 is 27.0 Å². The highest BCUT2D eigenvalue weighted by atomic mass is 127. The Labute approximate surface area is 50.4 Å². The van der Waals surface area contributed by atoms with Crippen molar-refractivity contribution in [3.8, 4) is 0 Å². The van der Waals surface area contributed by atoms with Crippen molar-refractivity contribution in [2.45, 2.75) is 6.92 Å². The summed E-state index contributed by atoms with van der Waals surface area (Å²) in [4.78, 5) is -2.18. The Hall–Kier alpha value is 0.920. The molecular weight excluding hydrogens is 212 g/mol. The van der Waals surface area contributed by atoms with E-state index in [0.717, 1.165) is 0 Å². The topological polar surface area (TPSA) is 43.1 Å². The molecule has 0 aromatic heterocycles. The summed E-state index contributed by atoms with van der Waals surface area (Å²) >= 11 is 1.77. The third kappa shape index (κ3) is 4.92. The monoisotopic (exact) mass is 219 g/mol. The van der Waals surface area contributed by atoms with Crippen LogP contribution in [0.4, 0.5) is 0 Å². The first-order valence-electron chi connectivity index (χ1n) is 1.63. The molecule has 1 unspecified atom stereocenters. The number of hydrogen-bond acceptors (Lipinski definition) is 1. The maximum Gasteiger partial charge on any atom is 0.201 e. The van der Waals surface area contributed by atoms with Crippen molar-refractivity contribution < 1.29 is 4.57 Å². The average Bonchev–Trinajstić information content (AvgIpc) is 1.35. The van der Waals surface area contributed by atoms with Gasteiger partial charge in [0.05, 0.1) is 0 Å². The highest BCUT2D eigenvalue weighted by molar-refractivity contribution is 14.2. The lowest BCUT2D eigenvalue weighted by molar-refractivity contribution is 0.588. The smallest absolute Gasteiger partial charge is 0.201 e. The average molecular weight is 219 g/mol. The molecule has 4 heteroatoms. The van der Waals surface area contributed by atoms with Gasteiger partial charge < -0.3 is 0 Å². The van der Waals surface area contributed by atoms with E-state index < -0.39 is 4.94 Å². The van der Waals surface area contributed by atoms with E-state index in [9.17, 15) is 4.57 Å². The molecule has 0 spiro atoms. The molecule has 0 saturated carbocycles. The number of halogens is 1. The third-order valence-electron chi connectivity index (χ3n) is 0.431. The number of nitrogens with two attached hydrogens (primary N) is 1. The second kappa shape index (κ2) is 2.28. The van der Waals surface area contributed by atoms with E-state index in [0.29, 0.717) is 6.16 Å². The molecule has 0 heterocycles. The molecule has 0 aliphatic heterocycles. The van der Waals surface area contributed by atoms with Crippen LogP contribution >= 0.6 is 27.0 Å². The van der Waals surface area contributed by atoms with E-state index in [-0.39, 0.29) is 0 Å². The first kappa shape index (κ1) is 6.92. The van der Waals surface area contributed by atoms with Crippen LogP contribution in [0.15, 0.2) is 0 Å². The molecule has 1 atom stereocenters. The minimum absolute atomic E-state index is 0.591. The molecule has 2 N–H and O–H groups in total. The molecule has 0 aliphatic carbocycles. The summed E-state index contributed by atoms with van der Waals surface area (Å²) in [6.45, 7) is 1.81. The molecule has 0 amide bonds. The van der Waals surface area contributed by atoms with Gasteiger partial charge in [0.2, 0.25) is 4.94 Å². The Morgan fingerprint density at radius 2 is 2.17 bits per heavy atom. The van der Waals surface area contributed by atoms with Crippen LogP contribution in [0.5, 0.6) is 0 Å². The Morgan fingerprint density at radius 3 is 2.17 bits per heavy atom. The van der Waals surface area contributed by atoms with Crippen molar-refractivity contribution in [3.05, 3.63) is 0 Å². The van der Waals surface area contributed by atoms with E-state index in [1.807, 2.05) is 6.92 Å². The van der Waals surface area contributed by atoms with Gasteiger partial charge in [0.15, 0.2) is 0 Å². The quantitative estimate of drug-likeness (QED) is 0.537. The van der Waals surface area contributed by atoms with Gasteiger partial charge in [-0.25, -0.2) is 0 Å². The zero-order valence-corrected chi connectivity index (χ0v) is 6.57. The van der Waals surface area contributed by atoms with E-state index in [4.69, 9.17) is 5.50 Å². The van der Waals surface area contributed by atoms with Gasteiger partial charge in [-0.3, -0.25) is 10.1 Å². The van der Waals surface area contributed by atoms with Gasteiger partial charge in [-0.05, 0) is 0 Å². The predicted octanol–water partition coefficient (Wildman–Crippen LogP) is 1.59. The molecule has 6 heavy (non-hydrogen) atoms. The number of rotatable bonds is 1. The first-order chi connectivity index (χ1) is 2.56. The summed E-state index contributed by atoms with van der Waals surface area (Å²) < 4.78 is 10.3. The molecular formula is C2H7INOP. The highest BCUT2D eigenvalue weighted by Gasteiger charge is 2.02. The molecule has 38 valence electrons. The summed E-state index contributed by atoms with van der Waals surface area (Å²) in [6, 6.07) is 0. The Kier molecular flexibility index (Phi) is 2.63. The third-order valence-corrected chi connectivity index (χ3v) is 3.34. The largest absolute Gasteiger partial charge is 0.296 e. The van der Waals surface area contributed by atoms with Crippen molar-refractivity contribution in [1.82, 2.24) is 0 Å². The molecule has 0 bridgehead atoms. The molecule has 0 saturated heterocycles. The Morgan fingerprint density at radius 1 is 2.00 bits per heavy atom. The number of hydrogen-bond donors (Lipinski definition) is 1. The van der Waals surface area contributed by atoms with E-state index in [1.54, 1.807) is 22.0 Å². The summed E-state index contributed by atoms with van der Waals surface area (Å²) in [5.41, 5.74) is 5.08. The van der Waals surface area contributed by atoms with Gasteiger partial charge >= 0.3 is 0 Å². The van der Waals surface area contributed by atoms with Gasteiger partial charge in [0, 0.05) is 28.2 Å². The van der Waals surface area contributed by atoms with Crippen LogP contribution in [0.25, 0.3) is 0 Å². The molecule has 0 aromatic carbocycles. The lowest BCUT2D eigenvalue weighted by Gasteiger charge is -1.93. The zero-order chi connectivity index (χ0) is 5.21. The van der Waals surface area contributed by atoms with Gasteiger partial charge in [0.1, 0.15) is 0 Å². The van der Waals surface area contributed by atoms with Crippen LogP contribution in [-0.2, 0) is 4.57 Å². The minimum atomic E-state index is -2.18. The normalized spacial score (nSPS) is 19.8. The maximum atomic E-state index is 10.3. The van der Waals surface area contributed by atoms with Crippen LogP contribution in [0.2, 0.25) is 0 Å². The fourth-order valence-electron chi connectivity index (χ4n) is 0. The minimum Gasteiger partial charge on any atom is -0.296 e. The lowest BCUT2D eigenvalue weighted by Crippen LogP contribution is -1.85. The Balaban J connectivity index is 3.48. The second-order valence-corrected chi connectivity index (χ2v) is 7.96. The second-order valence-electron chi connectivity index (χ2n) is 1.02. The van der Waals surface area contributed by atoms with Gasteiger partial charge in [-0.2, -0.15) is 0 Å². The zero-order valence-electron chi connectivity index (χ0n) is 3.52. The summed E-state index contributed by atoms with van der Waals surface area (Å²) in [5.74, 6) is 0. The molecule has 0 radical (unpaired) electrons. The van der Waals surface area contributed by atoms with Crippen LogP contribution in [-0.4, -0.2) is 6.16 Å². The predicted molar refractivity (Wildman–Crippen MR) is 36.4 cm³/mol. The summed E-state index contributed by atoms with van der Waals surface area (Å²) in [6.07, 6.45) is 0.591. The molecule has 0 aliphatic rings. The van der Waals surface area contributed by atoms with Crippen LogP contribution in [0, 0.1) is 0 Å². The van der Waals surface area contributed by atoms with E-state index in [2.05, 4.69) is 0 Å². The van der Waals surface area contributed by atoms with Crippen molar-refractivity contribution in [1.29, 1.82) is 0 Å². The van der Waals surface area contributed by atoms with Gasteiger partial charge in [-0.1, -0.05) is 6.92 Å². The van der Waals surface area contributed by atoms with Crippen LogP contribution in [0.1, 0.15) is 6.92 Å². The lowest BCUT2D eigenvalue weighted by atomic mass is 11.0. The van der Waals surface area contributed by atoms with Gasteiger partial charge in [0.25, 0.3) is 0 Å². The Bertz CT molecular complexity index is 77.6. The van der Waals surface area contributed by atoms with Crippen molar-refractivity contribution in [2.75, 3.05) is 6.16 Å². The highest BCUT2D eigenvalue weighted by Crippen LogP contribution is 2.44. The maximum absolute atomic E-state index is 10.3.